The molecule has 1 aromatic heterocycles. The Kier molecular flexibility index (Phi) is 2.23. The van der Waals surface area contributed by atoms with Gasteiger partial charge in [-0.3, -0.25) is 0 Å². The molecule has 0 bridgehead atoms. The van der Waals surface area contributed by atoms with Crippen molar-refractivity contribution in [3.63, 3.8) is 0 Å². The third kappa shape index (κ3) is 1.37. The molecule has 1 heterocycles. The fourth-order valence-corrected chi connectivity index (χ4v) is 1.50. The molecule has 3 nitrogen and oxygen atoms in total. The highest BCUT2D eigenvalue weighted by atomic mass is 16.5. The van der Waals surface area contributed by atoms with Gasteiger partial charge in [0.1, 0.15) is 5.69 Å². The van der Waals surface area contributed by atoms with Gasteiger partial charge in [-0.15, -0.1) is 0 Å². The highest BCUT2D eigenvalue weighted by molar-refractivity contribution is 5.72. The van der Waals surface area contributed by atoms with Gasteiger partial charge in [0.2, 0.25) is 0 Å². The minimum Gasteiger partial charge on any atom is -0.394 e. The van der Waals surface area contributed by atoms with Crippen LogP contribution in [0, 0.1) is 0 Å². The lowest BCUT2D eigenvalue weighted by molar-refractivity contribution is 0.432. The largest absolute Gasteiger partial charge is 0.394 e. The molecule has 2 aromatic rings. The Morgan fingerprint density at radius 1 is 1.36 bits per heavy atom. The number of nitrogens with two attached hydrogens (primary N) is 1. The molecule has 0 radical (unpaired) electrons. The zero-order chi connectivity index (χ0) is 9.97. The van der Waals surface area contributed by atoms with Crippen LogP contribution in [0.1, 0.15) is 12.5 Å². The van der Waals surface area contributed by atoms with Crippen LogP contribution in [0.25, 0.3) is 11.3 Å². The molecule has 0 aliphatic heterocycles. The number of anilines is 1. The summed E-state index contributed by atoms with van der Waals surface area (Å²) in [7, 11) is 0. The summed E-state index contributed by atoms with van der Waals surface area (Å²) in [5.74, 6) is 0.669. The van der Waals surface area contributed by atoms with Gasteiger partial charge in [0.05, 0.1) is 6.20 Å². The van der Waals surface area contributed by atoms with Crippen LogP contribution < -0.4 is 5.73 Å². The molecule has 0 atom stereocenters. The third-order valence-corrected chi connectivity index (χ3v) is 2.24. The van der Waals surface area contributed by atoms with Crippen LogP contribution in [-0.4, -0.2) is 5.16 Å². The zero-order valence-electron chi connectivity index (χ0n) is 8.03. The fraction of sp³-hybridized carbons (Fsp3) is 0.182. The zero-order valence-corrected chi connectivity index (χ0v) is 8.03. The topological polar surface area (TPSA) is 52.0 Å². The van der Waals surface area contributed by atoms with E-state index < -0.39 is 0 Å². The Morgan fingerprint density at radius 3 is 2.79 bits per heavy atom. The number of aromatic nitrogens is 1. The lowest BCUT2D eigenvalue weighted by Gasteiger charge is -2.03. The van der Waals surface area contributed by atoms with E-state index in [0.717, 1.165) is 12.0 Å². The van der Waals surface area contributed by atoms with E-state index in [0.29, 0.717) is 11.4 Å². The number of benzene rings is 1. The molecule has 2 N–H and O–H groups in total. The molecule has 14 heavy (non-hydrogen) atoms. The highest BCUT2D eigenvalue weighted by Crippen LogP contribution is 2.28. The first-order chi connectivity index (χ1) is 6.83. The summed E-state index contributed by atoms with van der Waals surface area (Å²) < 4.78 is 5.12. The molecular formula is C11H12N2O. The van der Waals surface area contributed by atoms with Crippen LogP contribution in [0.3, 0.4) is 0 Å². The van der Waals surface area contributed by atoms with Crippen molar-refractivity contribution in [1.29, 1.82) is 0 Å². The maximum absolute atomic E-state index is 5.74. The van der Waals surface area contributed by atoms with Gasteiger partial charge in [-0.25, -0.2) is 0 Å². The maximum Gasteiger partial charge on any atom is 0.189 e. The maximum atomic E-state index is 5.74. The van der Waals surface area contributed by atoms with Crippen molar-refractivity contribution < 1.29 is 4.52 Å². The first-order valence-electron chi connectivity index (χ1n) is 4.61. The van der Waals surface area contributed by atoms with Crippen LogP contribution in [0.2, 0.25) is 0 Å². The van der Waals surface area contributed by atoms with E-state index in [-0.39, 0.29) is 0 Å². The minimum atomic E-state index is 0.589. The quantitative estimate of drug-likeness (QED) is 0.787. The molecule has 0 amide bonds. The summed E-state index contributed by atoms with van der Waals surface area (Å²) in [6.07, 6.45) is 2.48. The number of nitrogens with zero attached hydrogens (tertiary/aromatic N) is 1. The van der Waals surface area contributed by atoms with Gasteiger partial charge in [-0.2, -0.15) is 0 Å². The molecule has 0 unspecified atom stereocenters. The Balaban J connectivity index is 2.56. The number of hydrogen-bond acceptors (Lipinski definition) is 3. The van der Waals surface area contributed by atoms with Crippen molar-refractivity contribution in [2.24, 2.45) is 0 Å². The second kappa shape index (κ2) is 3.54. The van der Waals surface area contributed by atoms with E-state index in [1.54, 1.807) is 0 Å². The van der Waals surface area contributed by atoms with Crippen molar-refractivity contribution in [3.8, 4) is 11.3 Å². The second-order valence-electron chi connectivity index (χ2n) is 3.12. The lowest BCUT2D eigenvalue weighted by Crippen LogP contribution is -1.89. The summed E-state index contributed by atoms with van der Waals surface area (Å²) in [6.45, 7) is 2.10. The first kappa shape index (κ1) is 8.81. The van der Waals surface area contributed by atoms with Crippen LogP contribution in [0.15, 0.2) is 35.0 Å². The summed E-state index contributed by atoms with van der Waals surface area (Å²) in [4.78, 5) is 0. The van der Waals surface area contributed by atoms with Gasteiger partial charge in [0, 0.05) is 5.56 Å². The first-order valence-corrected chi connectivity index (χ1v) is 4.61. The Labute approximate surface area is 82.5 Å². The average Bonchev–Trinajstić information content (AvgIpc) is 2.64. The van der Waals surface area contributed by atoms with E-state index in [9.17, 15) is 0 Å². The summed E-state index contributed by atoms with van der Waals surface area (Å²) in [5, 5.41) is 3.67. The molecule has 0 saturated heterocycles. The third-order valence-electron chi connectivity index (χ3n) is 2.24. The van der Waals surface area contributed by atoms with E-state index in [1.807, 2.05) is 18.2 Å². The normalized spacial score (nSPS) is 10.4. The van der Waals surface area contributed by atoms with Crippen LogP contribution in [0.4, 0.5) is 5.69 Å². The Hall–Kier alpha value is -1.77. The molecular weight excluding hydrogens is 176 g/mol. The monoisotopic (exact) mass is 188 g/mol. The average molecular weight is 188 g/mol. The minimum absolute atomic E-state index is 0.589. The van der Waals surface area contributed by atoms with Crippen molar-refractivity contribution in [2.45, 2.75) is 13.3 Å². The summed E-state index contributed by atoms with van der Waals surface area (Å²) in [5.41, 5.74) is 8.58. The van der Waals surface area contributed by atoms with Gasteiger partial charge < -0.3 is 10.3 Å². The predicted molar refractivity (Wildman–Crippen MR) is 55.7 cm³/mol. The molecule has 0 fully saturated rings. The smallest absolute Gasteiger partial charge is 0.189 e. The van der Waals surface area contributed by atoms with Crippen LogP contribution >= 0.6 is 0 Å². The molecule has 1 aromatic carbocycles. The molecule has 2 rings (SSSR count). The molecule has 0 saturated carbocycles. The number of hydrogen-bond donors (Lipinski definition) is 1. The van der Waals surface area contributed by atoms with Gasteiger partial charge >= 0.3 is 0 Å². The SMILES string of the molecule is CCc1ccccc1-c1oncc1N. The van der Waals surface area contributed by atoms with Crippen molar-refractivity contribution in [3.05, 3.63) is 36.0 Å². The Bertz CT molecular complexity index is 434. The van der Waals surface area contributed by atoms with Gasteiger partial charge in [0.25, 0.3) is 0 Å². The standard InChI is InChI=1S/C11H12N2O/c1-2-8-5-3-4-6-9(8)11-10(12)7-13-14-11/h3-7H,2,12H2,1H3. The van der Waals surface area contributed by atoms with Gasteiger partial charge in [-0.05, 0) is 12.0 Å². The van der Waals surface area contributed by atoms with Crippen LogP contribution in [-0.2, 0) is 6.42 Å². The second-order valence-corrected chi connectivity index (χ2v) is 3.12. The predicted octanol–water partition coefficient (Wildman–Crippen LogP) is 2.49. The van der Waals surface area contributed by atoms with Crippen molar-refractivity contribution in [2.75, 3.05) is 5.73 Å². The Morgan fingerprint density at radius 2 is 2.14 bits per heavy atom. The molecule has 0 aliphatic carbocycles. The van der Waals surface area contributed by atoms with Gasteiger partial charge in [0.15, 0.2) is 5.76 Å². The molecule has 3 heteroatoms. The summed E-state index contributed by atoms with van der Waals surface area (Å²) in [6, 6.07) is 8.04. The van der Waals surface area contributed by atoms with Gasteiger partial charge in [-0.1, -0.05) is 36.3 Å². The van der Waals surface area contributed by atoms with Crippen LogP contribution in [0.5, 0.6) is 0 Å². The number of aryl methyl sites for hydroxylation is 1. The number of rotatable bonds is 2. The molecule has 72 valence electrons. The highest BCUT2D eigenvalue weighted by Gasteiger charge is 2.10. The fourth-order valence-electron chi connectivity index (χ4n) is 1.50. The van der Waals surface area contributed by atoms with Crippen molar-refractivity contribution >= 4 is 5.69 Å². The number of nitrogen functional groups attached to an aromatic ring is 1. The molecule has 0 spiro atoms. The van der Waals surface area contributed by atoms with E-state index in [4.69, 9.17) is 10.3 Å². The van der Waals surface area contributed by atoms with E-state index in [2.05, 4.69) is 18.1 Å². The van der Waals surface area contributed by atoms with E-state index >= 15 is 0 Å². The molecule has 0 aliphatic rings. The lowest BCUT2D eigenvalue weighted by atomic mass is 10.0. The van der Waals surface area contributed by atoms with Crippen molar-refractivity contribution in [1.82, 2.24) is 5.16 Å². The van der Waals surface area contributed by atoms with E-state index in [1.165, 1.54) is 11.8 Å². The summed E-state index contributed by atoms with van der Waals surface area (Å²) >= 11 is 0.